The van der Waals surface area contributed by atoms with Crippen LogP contribution in [0.15, 0.2) is 23.0 Å². The van der Waals surface area contributed by atoms with Gasteiger partial charge in [-0.2, -0.15) is 11.3 Å². The van der Waals surface area contributed by atoms with Gasteiger partial charge in [0.1, 0.15) is 0 Å². The zero-order valence-corrected chi connectivity index (χ0v) is 9.99. The molecule has 2 aromatic heterocycles. The van der Waals surface area contributed by atoms with Gasteiger partial charge in [0, 0.05) is 12.7 Å². The van der Waals surface area contributed by atoms with E-state index < -0.39 is 0 Å². The van der Waals surface area contributed by atoms with E-state index in [-0.39, 0.29) is 0 Å². The first-order valence-corrected chi connectivity index (χ1v) is 6.43. The third-order valence-corrected chi connectivity index (χ3v) is 3.16. The Morgan fingerprint density at radius 3 is 3.06 bits per heavy atom. The standard InChI is InChI=1S/C11H16N4S/c12-5-1-2-11-8-15(14-13-11)6-3-10-4-7-16-9-10/h4,7-9H,1-3,5-6,12H2. The summed E-state index contributed by atoms with van der Waals surface area (Å²) < 4.78 is 1.91. The molecule has 0 saturated carbocycles. The van der Waals surface area contributed by atoms with E-state index in [1.807, 2.05) is 10.9 Å². The van der Waals surface area contributed by atoms with E-state index in [0.717, 1.165) is 31.5 Å². The van der Waals surface area contributed by atoms with Crippen molar-refractivity contribution in [3.05, 3.63) is 34.3 Å². The largest absolute Gasteiger partial charge is 0.330 e. The van der Waals surface area contributed by atoms with Gasteiger partial charge in [0.2, 0.25) is 0 Å². The summed E-state index contributed by atoms with van der Waals surface area (Å²) in [6, 6.07) is 2.15. The lowest BCUT2D eigenvalue weighted by Gasteiger charge is -1.97. The first kappa shape index (κ1) is 11.3. The van der Waals surface area contributed by atoms with E-state index in [4.69, 9.17) is 5.73 Å². The normalized spacial score (nSPS) is 10.8. The maximum absolute atomic E-state index is 5.45. The van der Waals surface area contributed by atoms with Gasteiger partial charge in [-0.3, -0.25) is 4.68 Å². The molecular formula is C11H16N4S. The lowest BCUT2D eigenvalue weighted by molar-refractivity contribution is 0.589. The van der Waals surface area contributed by atoms with Crippen molar-refractivity contribution in [1.29, 1.82) is 0 Å². The van der Waals surface area contributed by atoms with Crippen LogP contribution in [0.4, 0.5) is 0 Å². The molecule has 86 valence electrons. The number of hydrogen-bond acceptors (Lipinski definition) is 4. The van der Waals surface area contributed by atoms with E-state index in [1.54, 1.807) is 11.3 Å². The molecule has 2 heterocycles. The molecule has 0 saturated heterocycles. The SMILES string of the molecule is NCCCc1cn(CCc2ccsc2)nn1. The zero-order chi connectivity index (χ0) is 11.2. The van der Waals surface area contributed by atoms with Crippen molar-refractivity contribution < 1.29 is 0 Å². The second kappa shape index (κ2) is 5.77. The van der Waals surface area contributed by atoms with Gasteiger partial charge in [-0.15, -0.1) is 5.10 Å². The molecule has 2 N–H and O–H groups in total. The predicted octanol–water partition coefficient (Wildman–Crippen LogP) is 1.47. The van der Waals surface area contributed by atoms with Crippen LogP contribution in [0.1, 0.15) is 17.7 Å². The lowest BCUT2D eigenvalue weighted by atomic mass is 10.2. The van der Waals surface area contributed by atoms with Crippen molar-refractivity contribution in [1.82, 2.24) is 15.0 Å². The van der Waals surface area contributed by atoms with Crippen molar-refractivity contribution in [3.63, 3.8) is 0 Å². The van der Waals surface area contributed by atoms with Crippen LogP contribution in [0.5, 0.6) is 0 Å². The highest BCUT2D eigenvalue weighted by Crippen LogP contribution is 2.07. The molecule has 0 aliphatic heterocycles. The molecule has 0 aliphatic carbocycles. The Morgan fingerprint density at radius 2 is 2.31 bits per heavy atom. The Bertz CT molecular complexity index is 407. The number of rotatable bonds is 6. The molecule has 0 bridgehead atoms. The van der Waals surface area contributed by atoms with Crippen molar-refractivity contribution >= 4 is 11.3 Å². The molecule has 0 unspecified atom stereocenters. The number of aromatic nitrogens is 3. The molecule has 0 spiro atoms. The van der Waals surface area contributed by atoms with Gasteiger partial charge < -0.3 is 5.73 Å². The molecule has 0 radical (unpaired) electrons. The highest BCUT2D eigenvalue weighted by atomic mass is 32.1. The topological polar surface area (TPSA) is 56.7 Å². The number of thiophene rings is 1. The summed E-state index contributed by atoms with van der Waals surface area (Å²) in [5.41, 5.74) is 7.85. The van der Waals surface area contributed by atoms with Crippen LogP contribution in [0.25, 0.3) is 0 Å². The van der Waals surface area contributed by atoms with Crippen molar-refractivity contribution in [2.45, 2.75) is 25.8 Å². The van der Waals surface area contributed by atoms with Gasteiger partial charge in [0.05, 0.1) is 5.69 Å². The number of nitrogens with zero attached hydrogens (tertiary/aromatic N) is 3. The van der Waals surface area contributed by atoms with E-state index in [9.17, 15) is 0 Å². The summed E-state index contributed by atoms with van der Waals surface area (Å²) in [5, 5.41) is 12.5. The van der Waals surface area contributed by atoms with Crippen molar-refractivity contribution in [2.24, 2.45) is 5.73 Å². The minimum atomic E-state index is 0.710. The molecule has 0 fully saturated rings. The first-order valence-electron chi connectivity index (χ1n) is 5.48. The summed E-state index contributed by atoms with van der Waals surface area (Å²) in [7, 11) is 0. The van der Waals surface area contributed by atoms with Crippen molar-refractivity contribution in [3.8, 4) is 0 Å². The van der Waals surface area contributed by atoms with Gasteiger partial charge in [-0.25, -0.2) is 0 Å². The van der Waals surface area contributed by atoms with E-state index in [1.165, 1.54) is 5.56 Å². The molecule has 4 nitrogen and oxygen atoms in total. The van der Waals surface area contributed by atoms with Gasteiger partial charge in [0.15, 0.2) is 0 Å². The smallest absolute Gasteiger partial charge is 0.0827 e. The summed E-state index contributed by atoms with van der Waals surface area (Å²) >= 11 is 1.73. The average molecular weight is 236 g/mol. The zero-order valence-electron chi connectivity index (χ0n) is 9.17. The predicted molar refractivity (Wildman–Crippen MR) is 65.4 cm³/mol. The Labute approximate surface area is 99.1 Å². The maximum atomic E-state index is 5.45. The fourth-order valence-corrected chi connectivity index (χ4v) is 2.23. The maximum Gasteiger partial charge on any atom is 0.0827 e. The summed E-state index contributed by atoms with van der Waals surface area (Å²) in [4.78, 5) is 0. The van der Waals surface area contributed by atoms with Crippen LogP contribution in [0, 0.1) is 0 Å². The van der Waals surface area contributed by atoms with Crippen molar-refractivity contribution in [2.75, 3.05) is 6.54 Å². The molecule has 2 aromatic rings. The van der Waals surface area contributed by atoms with Gasteiger partial charge in [0.25, 0.3) is 0 Å². The highest BCUT2D eigenvalue weighted by molar-refractivity contribution is 7.07. The fourth-order valence-electron chi connectivity index (χ4n) is 1.52. The Hall–Kier alpha value is -1.20. The van der Waals surface area contributed by atoms with Crippen LogP contribution < -0.4 is 5.73 Å². The fraction of sp³-hybridized carbons (Fsp3) is 0.455. The van der Waals surface area contributed by atoms with Crippen LogP contribution >= 0.6 is 11.3 Å². The number of hydrogen-bond donors (Lipinski definition) is 1. The van der Waals surface area contributed by atoms with E-state index in [2.05, 4.69) is 27.1 Å². The summed E-state index contributed by atoms with van der Waals surface area (Å²) in [6.45, 7) is 1.61. The number of nitrogens with two attached hydrogens (primary N) is 1. The second-order valence-corrected chi connectivity index (χ2v) is 4.53. The van der Waals surface area contributed by atoms with Gasteiger partial charge in [-0.05, 0) is 48.2 Å². The average Bonchev–Trinajstić information content (AvgIpc) is 2.95. The Morgan fingerprint density at radius 1 is 1.38 bits per heavy atom. The molecular weight excluding hydrogens is 220 g/mol. The highest BCUT2D eigenvalue weighted by Gasteiger charge is 2.00. The monoisotopic (exact) mass is 236 g/mol. The lowest BCUT2D eigenvalue weighted by Crippen LogP contribution is -2.01. The minimum Gasteiger partial charge on any atom is -0.330 e. The molecule has 5 heteroatoms. The molecule has 0 aliphatic rings. The Balaban J connectivity index is 1.83. The van der Waals surface area contributed by atoms with Gasteiger partial charge >= 0.3 is 0 Å². The van der Waals surface area contributed by atoms with E-state index >= 15 is 0 Å². The third-order valence-electron chi connectivity index (χ3n) is 2.43. The number of aryl methyl sites for hydroxylation is 3. The summed E-state index contributed by atoms with van der Waals surface area (Å²) in [5.74, 6) is 0. The molecule has 2 rings (SSSR count). The third kappa shape index (κ3) is 3.15. The van der Waals surface area contributed by atoms with Crippen LogP contribution in [0.2, 0.25) is 0 Å². The molecule has 16 heavy (non-hydrogen) atoms. The summed E-state index contributed by atoms with van der Waals surface area (Å²) in [6.07, 6.45) is 4.93. The molecule has 0 atom stereocenters. The van der Waals surface area contributed by atoms with Crippen LogP contribution in [-0.4, -0.2) is 21.5 Å². The minimum absolute atomic E-state index is 0.710. The Kier molecular flexibility index (Phi) is 4.07. The quantitative estimate of drug-likeness (QED) is 0.826. The molecule has 0 amide bonds. The van der Waals surface area contributed by atoms with Crippen LogP contribution in [0.3, 0.4) is 0 Å². The first-order chi connectivity index (χ1) is 7.88. The van der Waals surface area contributed by atoms with Gasteiger partial charge in [-0.1, -0.05) is 5.21 Å². The van der Waals surface area contributed by atoms with E-state index in [0.29, 0.717) is 6.54 Å². The van der Waals surface area contributed by atoms with Crippen LogP contribution in [-0.2, 0) is 19.4 Å². The molecule has 0 aromatic carbocycles. The second-order valence-electron chi connectivity index (χ2n) is 3.75.